The molecule has 1 saturated heterocycles. The topological polar surface area (TPSA) is 66.5 Å². The van der Waals surface area contributed by atoms with Gasteiger partial charge in [-0.1, -0.05) is 31.0 Å². The molecule has 0 spiro atoms. The summed E-state index contributed by atoms with van der Waals surface area (Å²) in [7, 11) is -3.61. The Balaban J connectivity index is 1.89. The first-order valence-corrected chi connectivity index (χ1v) is 12.1. The average molecular weight is 419 g/mol. The van der Waals surface area contributed by atoms with E-state index in [1.165, 1.54) is 6.07 Å². The minimum absolute atomic E-state index is 0.222. The molecule has 150 valence electrons. The molecule has 1 aliphatic heterocycles. The Kier molecular flexibility index (Phi) is 6.80. The predicted octanol–water partition coefficient (Wildman–Crippen LogP) is 4.53. The maximum absolute atomic E-state index is 13.2. The van der Waals surface area contributed by atoms with E-state index in [2.05, 4.69) is 5.32 Å². The van der Waals surface area contributed by atoms with E-state index in [1.807, 2.05) is 30.5 Å². The standard InChI is InChI=1S/C21H26N2O3S2/c1-16-11-12-17(21(24)22-18-9-5-6-10-19(18)27-2)15-20(16)28(25,26)23-13-7-3-4-8-14-23/h5-6,9-12,15H,3-4,7-8,13-14H2,1-2H3,(H,22,24). The lowest BCUT2D eigenvalue weighted by Crippen LogP contribution is -2.32. The van der Waals surface area contributed by atoms with Crippen LogP contribution in [0.5, 0.6) is 0 Å². The molecule has 5 nitrogen and oxygen atoms in total. The zero-order chi connectivity index (χ0) is 20.1. The molecule has 0 bridgehead atoms. The van der Waals surface area contributed by atoms with Crippen molar-refractivity contribution in [2.45, 2.75) is 42.4 Å². The van der Waals surface area contributed by atoms with Crippen molar-refractivity contribution in [3.8, 4) is 0 Å². The van der Waals surface area contributed by atoms with E-state index in [1.54, 1.807) is 35.1 Å². The number of para-hydroxylation sites is 1. The summed E-state index contributed by atoms with van der Waals surface area (Å²) in [4.78, 5) is 14.0. The van der Waals surface area contributed by atoms with E-state index in [0.717, 1.165) is 36.3 Å². The maximum Gasteiger partial charge on any atom is 0.255 e. The number of thioether (sulfide) groups is 1. The lowest BCUT2D eigenvalue weighted by molar-refractivity contribution is 0.102. The molecule has 1 aliphatic rings. The van der Waals surface area contributed by atoms with Crippen LogP contribution in [0, 0.1) is 6.92 Å². The van der Waals surface area contributed by atoms with Gasteiger partial charge in [-0.3, -0.25) is 4.79 Å². The van der Waals surface area contributed by atoms with Crippen molar-refractivity contribution < 1.29 is 13.2 Å². The lowest BCUT2D eigenvalue weighted by atomic mass is 10.1. The zero-order valence-electron chi connectivity index (χ0n) is 16.3. The van der Waals surface area contributed by atoms with Crippen molar-refractivity contribution in [3.05, 3.63) is 53.6 Å². The van der Waals surface area contributed by atoms with Crippen molar-refractivity contribution in [2.24, 2.45) is 0 Å². The first-order chi connectivity index (χ1) is 13.4. The smallest absolute Gasteiger partial charge is 0.255 e. The molecule has 3 rings (SSSR count). The zero-order valence-corrected chi connectivity index (χ0v) is 17.9. The van der Waals surface area contributed by atoms with Gasteiger partial charge in [0.2, 0.25) is 10.0 Å². The first-order valence-electron chi connectivity index (χ1n) is 9.48. The third-order valence-corrected chi connectivity index (χ3v) is 7.82. The van der Waals surface area contributed by atoms with Gasteiger partial charge >= 0.3 is 0 Å². The minimum atomic E-state index is -3.61. The Labute approximate surface area is 171 Å². The van der Waals surface area contributed by atoms with Crippen molar-refractivity contribution in [3.63, 3.8) is 0 Å². The van der Waals surface area contributed by atoms with Gasteiger partial charge < -0.3 is 5.32 Å². The number of hydrogen-bond acceptors (Lipinski definition) is 4. The number of amides is 1. The number of rotatable bonds is 5. The van der Waals surface area contributed by atoms with Crippen LogP contribution in [0.4, 0.5) is 5.69 Å². The maximum atomic E-state index is 13.2. The normalized spacial score (nSPS) is 15.8. The summed E-state index contributed by atoms with van der Waals surface area (Å²) < 4.78 is 27.9. The third-order valence-electron chi connectivity index (χ3n) is 4.99. The van der Waals surface area contributed by atoms with E-state index < -0.39 is 10.0 Å². The van der Waals surface area contributed by atoms with Gasteiger partial charge in [0.05, 0.1) is 10.6 Å². The first kappa shape index (κ1) is 20.9. The summed E-state index contributed by atoms with van der Waals surface area (Å²) in [6.45, 7) is 2.86. The minimum Gasteiger partial charge on any atom is -0.321 e. The van der Waals surface area contributed by atoms with E-state index in [-0.39, 0.29) is 10.8 Å². The SMILES string of the molecule is CSc1ccccc1NC(=O)c1ccc(C)c(S(=O)(=O)N2CCCCCC2)c1. The summed E-state index contributed by atoms with van der Waals surface area (Å²) in [6, 6.07) is 12.4. The van der Waals surface area contributed by atoms with Crippen LogP contribution in [0.15, 0.2) is 52.3 Å². The number of nitrogens with one attached hydrogen (secondary N) is 1. The summed E-state index contributed by atoms with van der Waals surface area (Å²) in [6.07, 6.45) is 5.82. The molecule has 0 atom stereocenters. The van der Waals surface area contributed by atoms with Crippen LogP contribution in [0.25, 0.3) is 0 Å². The molecule has 2 aromatic rings. The monoisotopic (exact) mass is 418 g/mol. The molecular weight excluding hydrogens is 392 g/mol. The van der Waals surface area contributed by atoms with Crippen LogP contribution < -0.4 is 5.32 Å². The number of aryl methyl sites for hydroxylation is 1. The Morgan fingerprint density at radius 1 is 1.04 bits per heavy atom. The van der Waals surface area contributed by atoms with Crippen LogP contribution >= 0.6 is 11.8 Å². The summed E-state index contributed by atoms with van der Waals surface area (Å²) in [5.41, 5.74) is 1.72. The Bertz CT molecular complexity index is 950. The van der Waals surface area contributed by atoms with Gasteiger partial charge in [0.15, 0.2) is 0 Å². The highest BCUT2D eigenvalue weighted by Crippen LogP contribution is 2.27. The Morgan fingerprint density at radius 3 is 2.39 bits per heavy atom. The number of sulfonamides is 1. The fourth-order valence-corrected chi connectivity index (χ4v) is 5.70. The molecule has 2 aromatic carbocycles. The van der Waals surface area contributed by atoms with E-state index >= 15 is 0 Å². The number of nitrogens with zero attached hydrogens (tertiary/aromatic N) is 1. The quantitative estimate of drug-likeness (QED) is 0.724. The Morgan fingerprint density at radius 2 is 1.71 bits per heavy atom. The van der Waals surface area contributed by atoms with Gasteiger partial charge in [-0.25, -0.2) is 8.42 Å². The second-order valence-electron chi connectivity index (χ2n) is 6.95. The summed E-state index contributed by atoms with van der Waals surface area (Å²) in [5, 5.41) is 2.90. The second kappa shape index (κ2) is 9.11. The van der Waals surface area contributed by atoms with Crippen molar-refractivity contribution >= 4 is 33.4 Å². The molecule has 7 heteroatoms. The van der Waals surface area contributed by atoms with Crippen molar-refractivity contribution in [2.75, 3.05) is 24.7 Å². The van der Waals surface area contributed by atoms with Gasteiger partial charge in [0.25, 0.3) is 5.91 Å². The van der Waals surface area contributed by atoms with Crippen LogP contribution in [0.2, 0.25) is 0 Å². The van der Waals surface area contributed by atoms with Crippen LogP contribution in [-0.4, -0.2) is 38.0 Å². The lowest BCUT2D eigenvalue weighted by Gasteiger charge is -2.21. The van der Waals surface area contributed by atoms with Crippen LogP contribution in [0.1, 0.15) is 41.6 Å². The van der Waals surface area contributed by atoms with Crippen LogP contribution in [-0.2, 0) is 10.0 Å². The molecule has 1 amide bonds. The van der Waals surface area contributed by atoms with Gasteiger partial charge in [-0.05, 0) is 55.9 Å². The largest absolute Gasteiger partial charge is 0.321 e. The number of anilines is 1. The summed E-state index contributed by atoms with van der Waals surface area (Å²) in [5.74, 6) is -0.311. The average Bonchev–Trinajstić information content (AvgIpc) is 2.98. The van der Waals surface area contributed by atoms with Crippen molar-refractivity contribution in [1.82, 2.24) is 4.31 Å². The molecule has 0 radical (unpaired) electrons. The third kappa shape index (κ3) is 4.59. The molecular formula is C21H26N2O3S2. The molecule has 0 saturated carbocycles. The molecule has 1 fully saturated rings. The number of hydrogen-bond donors (Lipinski definition) is 1. The molecule has 28 heavy (non-hydrogen) atoms. The highest BCUT2D eigenvalue weighted by Gasteiger charge is 2.27. The fraction of sp³-hybridized carbons (Fsp3) is 0.381. The van der Waals surface area contributed by atoms with E-state index in [4.69, 9.17) is 0 Å². The summed E-state index contributed by atoms with van der Waals surface area (Å²) >= 11 is 1.55. The molecule has 0 aromatic heterocycles. The predicted molar refractivity (Wildman–Crippen MR) is 115 cm³/mol. The fourth-order valence-electron chi connectivity index (χ4n) is 3.38. The highest BCUT2D eigenvalue weighted by molar-refractivity contribution is 7.98. The van der Waals surface area contributed by atoms with Crippen LogP contribution in [0.3, 0.4) is 0 Å². The molecule has 1 N–H and O–H groups in total. The van der Waals surface area contributed by atoms with E-state index in [9.17, 15) is 13.2 Å². The van der Waals surface area contributed by atoms with Gasteiger partial charge in [0.1, 0.15) is 0 Å². The number of carbonyl (C=O) groups is 1. The van der Waals surface area contributed by atoms with Gasteiger partial charge in [-0.2, -0.15) is 4.31 Å². The van der Waals surface area contributed by atoms with Crippen molar-refractivity contribution in [1.29, 1.82) is 0 Å². The highest BCUT2D eigenvalue weighted by atomic mass is 32.2. The Hall–Kier alpha value is -1.83. The number of benzene rings is 2. The number of carbonyl (C=O) groups excluding carboxylic acids is 1. The van der Waals surface area contributed by atoms with Gasteiger partial charge in [-0.15, -0.1) is 11.8 Å². The molecule has 1 heterocycles. The second-order valence-corrected chi connectivity index (χ2v) is 9.71. The molecule has 0 aliphatic carbocycles. The van der Waals surface area contributed by atoms with Gasteiger partial charge in [0, 0.05) is 23.5 Å². The molecule has 0 unspecified atom stereocenters. The van der Waals surface area contributed by atoms with E-state index in [0.29, 0.717) is 24.2 Å².